The number of aliphatic hydroxyl groups excluding tert-OH is 7. The van der Waals surface area contributed by atoms with E-state index in [2.05, 4.69) is 67.8 Å². The number of hydrogen-bond acceptors (Lipinski definition) is 10. The lowest BCUT2D eigenvalue weighted by atomic mass is 9.98. The highest BCUT2D eigenvalue weighted by molar-refractivity contribution is 5.80. The normalized spacial score (nSPS) is 20.4. The van der Waals surface area contributed by atoms with Crippen molar-refractivity contribution in [1.82, 2.24) is 5.32 Å². The second kappa shape index (κ2) is 49.9. The summed E-state index contributed by atoms with van der Waals surface area (Å²) >= 11 is 0. The predicted molar refractivity (Wildman–Crippen MR) is 298 cm³/mol. The highest BCUT2D eigenvalue weighted by atomic mass is 16.7. The van der Waals surface area contributed by atoms with Gasteiger partial charge in [-0.25, -0.2) is 0 Å². The van der Waals surface area contributed by atoms with Gasteiger partial charge in [-0.15, -0.1) is 0 Å². The molecule has 0 aromatic rings. The van der Waals surface area contributed by atoms with Crippen LogP contribution in [0.3, 0.4) is 0 Å². The first-order chi connectivity index (χ1) is 35.2. The van der Waals surface area contributed by atoms with Gasteiger partial charge in [0, 0.05) is 0 Å². The zero-order chi connectivity index (χ0) is 52.5. The average Bonchev–Trinajstić information content (AvgIpc) is 3.38. The lowest BCUT2D eigenvalue weighted by Gasteiger charge is -2.40. The van der Waals surface area contributed by atoms with Crippen molar-refractivity contribution in [3.8, 4) is 0 Å². The molecule has 9 unspecified atom stereocenters. The number of amides is 1. The minimum Gasteiger partial charge on any atom is -0.394 e. The van der Waals surface area contributed by atoms with Crippen LogP contribution in [0.5, 0.6) is 0 Å². The zero-order valence-corrected chi connectivity index (χ0v) is 46.2. The Labute approximate surface area is 440 Å². The van der Waals surface area contributed by atoms with E-state index < -0.39 is 74.2 Å². The minimum absolute atomic E-state index is 0.240. The second-order valence-corrected chi connectivity index (χ2v) is 21.0. The van der Waals surface area contributed by atoms with Crippen LogP contribution in [0, 0.1) is 0 Å². The molecule has 1 heterocycles. The minimum atomic E-state index is -1.67. The van der Waals surface area contributed by atoms with Gasteiger partial charge in [0.05, 0.1) is 25.4 Å². The molecule has 72 heavy (non-hydrogen) atoms. The Balaban J connectivity index is 2.27. The Bertz CT molecular complexity index is 1310. The van der Waals surface area contributed by atoms with Gasteiger partial charge in [0.2, 0.25) is 5.91 Å². The van der Waals surface area contributed by atoms with Crippen molar-refractivity contribution in [1.29, 1.82) is 0 Å². The number of carbonyl (C=O) groups excluding carboxylic acids is 1. The summed E-state index contributed by atoms with van der Waals surface area (Å²) in [7, 11) is 0. The molecule has 0 radical (unpaired) electrons. The summed E-state index contributed by atoms with van der Waals surface area (Å²) in [4.78, 5) is 13.2. The fourth-order valence-electron chi connectivity index (χ4n) is 9.41. The standard InChI is InChI=1S/C61H113NO10/c1-3-5-7-9-11-13-15-17-19-21-22-23-24-25-26-27-28-29-30-31-32-33-35-37-39-41-43-45-47-49-54(65)60(70)62-52(51-71-61-59(69)58(68)57(67)55(50-63)72-61)56(66)53(64)48-46-44-42-40-38-36-34-20-18-16-14-12-10-8-6-4-2/h12,14,20,25-26,34,40,42,52-59,61,63-69H,3-11,13,15-19,21-24,27-33,35-39,41,43-51H2,1-2H3,(H,62,70)/b14-12+,26-25-,34-20+,42-40+. The molecule has 1 rings (SSSR count). The molecule has 0 saturated carbocycles. The summed E-state index contributed by atoms with van der Waals surface area (Å²) in [5.41, 5.74) is 0. The van der Waals surface area contributed by atoms with E-state index in [-0.39, 0.29) is 12.8 Å². The molecule has 1 aliphatic rings. The Kier molecular flexibility index (Phi) is 47.2. The van der Waals surface area contributed by atoms with Gasteiger partial charge in [-0.1, -0.05) is 223 Å². The maximum absolute atomic E-state index is 13.2. The van der Waals surface area contributed by atoms with Crippen LogP contribution in [0.25, 0.3) is 0 Å². The van der Waals surface area contributed by atoms with Crippen molar-refractivity contribution >= 4 is 5.91 Å². The van der Waals surface area contributed by atoms with Crippen LogP contribution >= 0.6 is 0 Å². The molecule has 9 atom stereocenters. The largest absolute Gasteiger partial charge is 0.394 e. The van der Waals surface area contributed by atoms with Crippen molar-refractivity contribution in [3.05, 3.63) is 48.6 Å². The third kappa shape index (κ3) is 37.7. The fraction of sp³-hybridized carbons (Fsp3) is 0.852. The van der Waals surface area contributed by atoms with Crippen LogP contribution in [0.1, 0.15) is 264 Å². The van der Waals surface area contributed by atoms with Gasteiger partial charge < -0.3 is 50.5 Å². The summed E-state index contributed by atoms with van der Waals surface area (Å²) in [6, 6.07) is -1.20. The molecule has 1 amide bonds. The second-order valence-electron chi connectivity index (χ2n) is 21.0. The first-order valence-corrected chi connectivity index (χ1v) is 30.0. The summed E-state index contributed by atoms with van der Waals surface area (Å²) < 4.78 is 11.1. The monoisotopic (exact) mass is 1020 g/mol. The molecule has 422 valence electrons. The Morgan fingerprint density at radius 3 is 1.26 bits per heavy atom. The van der Waals surface area contributed by atoms with Gasteiger partial charge in [0.15, 0.2) is 6.29 Å². The molecule has 0 spiro atoms. The molecule has 11 nitrogen and oxygen atoms in total. The van der Waals surface area contributed by atoms with Gasteiger partial charge in [-0.3, -0.25) is 4.79 Å². The Morgan fingerprint density at radius 2 is 0.833 bits per heavy atom. The number of rotatable bonds is 51. The number of allylic oxidation sites excluding steroid dienone is 8. The third-order valence-electron chi connectivity index (χ3n) is 14.3. The van der Waals surface area contributed by atoms with Crippen LogP contribution in [-0.4, -0.2) is 110 Å². The maximum atomic E-state index is 13.2. The number of ether oxygens (including phenoxy) is 2. The van der Waals surface area contributed by atoms with Crippen LogP contribution in [0.2, 0.25) is 0 Å². The summed E-state index contributed by atoms with van der Waals surface area (Å²) in [6.45, 7) is 3.42. The van der Waals surface area contributed by atoms with Crippen LogP contribution in [0.4, 0.5) is 0 Å². The topological polar surface area (TPSA) is 189 Å². The first kappa shape index (κ1) is 68.1. The van der Waals surface area contributed by atoms with Crippen molar-refractivity contribution < 1.29 is 50.0 Å². The smallest absolute Gasteiger partial charge is 0.249 e. The van der Waals surface area contributed by atoms with E-state index in [9.17, 15) is 40.5 Å². The highest BCUT2D eigenvalue weighted by Crippen LogP contribution is 2.23. The average molecular weight is 1020 g/mol. The molecular weight excluding hydrogens is 907 g/mol. The van der Waals surface area contributed by atoms with Gasteiger partial charge in [-0.05, 0) is 89.9 Å². The number of unbranched alkanes of at least 4 members (excludes halogenated alkanes) is 31. The van der Waals surface area contributed by atoms with Crippen molar-refractivity contribution in [2.24, 2.45) is 0 Å². The van der Waals surface area contributed by atoms with Gasteiger partial charge in [0.1, 0.15) is 36.6 Å². The Hall–Kier alpha value is -1.93. The van der Waals surface area contributed by atoms with E-state index in [1.54, 1.807) is 0 Å². The van der Waals surface area contributed by atoms with E-state index in [1.807, 2.05) is 0 Å². The van der Waals surface area contributed by atoms with Crippen LogP contribution in [0.15, 0.2) is 48.6 Å². The molecule has 11 heteroatoms. The Morgan fingerprint density at radius 1 is 0.472 bits per heavy atom. The maximum Gasteiger partial charge on any atom is 0.249 e. The van der Waals surface area contributed by atoms with E-state index in [0.29, 0.717) is 19.3 Å². The van der Waals surface area contributed by atoms with Crippen molar-refractivity contribution in [2.75, 3.05) is 13.2 Å². The molecule has 0 bridgehead atoms. The molecule has 8 N–H and O–H groups in total. The van der Waals surface area contributed by atoms with Crippen molar-refractivity contribution in [2.45, 2.75) is 319 Å². The molecule has 1 saturated heterocycles. The predicted octanol–water partition coefficient (Wildman–Crippen LogP) is 12.8. The third-order valence-corrected chi connectivity index (χ3v) is 14.3. The molecule has 0 aromatic carbocycles. The molecular formula is C61H113NO10. The highest BCUT2D eigenvalue weighted by Gasteiger charge is 2.44. The number of hydrogen-bond donors (Lipinski definition) is 8. The van der Waals surface area contributed by atoms with Crippen molar-refractivity contribution in [3.63, 3.8) is 0 Å². The van der Waals surface area contributed by atoms with E-state index >= 15 is 0 Å². The van der Waals surface area contributed by atoms with E-state index in [0.717, 1.165) is 44.9 Å². The first-order valence-electron chi connectivity index (χ1n) is 30.0. The summed E-state index contributed by atoms with van der Waals surface area (Å²) in [5, 5.41) is 76.1. The number of carbonyl (C=O) groups is 1. The molecule has 0 aromatic heterocycles. The lowest BCUT2D eigenvalue weighted by Crippen LogP contribution is -2.60. The quantitative estimate of drug-likeness (QED) is 0.0215. The SMILES string of the molecule is CCCCC/C=C/CC/C=C/CC/C=C/CCCC(O)C(O)C(COC1OC(CO)C(O)C(O)C1O)NC(=O)C(O)CCCCCCCCCCCCCCC/C=C\CCCCCCCCCCCCCC. The number of nitrogens with one attached hydrogen (secondary N) is 1. The molecule has 0 aliphatic carbocycles. The van der Waals surface area contributed by atoms with Crippen LogP contribution < -0.4 is 5.32 Å². The van der Waals surface area contributed by atoms with Gasteiger partial charge >= 0.3 is 0 Å². The fourth-order valence-corrected chi connectivity index (χ4v) is 9.41. The van der Waals surface area contributed by atoms with E-state index in [4.69, 9.17) is 9.47 Å². The number of aliphatic hydroxyl groups is 7. The summed E-state index contributed by atoms with van der Waals surface area (Å²) in [5.74, 6) is -0.712. The van der Waals surface area contributed by atoms with Gasteiger partial charge in [-0.2, -0.15) is 0 Å². The molecule has 1 fully saturated rings. The van der Waals surface area contributed by atoms with E-state index in [1.165, 1.54) is 173 Å². The lowest BCUT2D eigenvalue weighted by molar-refractivity contribution is -0.303. The molecule has 1 aliphatic heterocycles. The zero-order valence-electron chi connectivity index (χ0n) is 46.2. The van der Waals surface area contributed by atoms with Gasteiger partial charge in [0.25, 0.3) is 0 Å². The van der Waals surface area contributed by atoms with Crippen LogP contribution in [-0.2, 0) is 14.3 Å². The summed E-state index contributed by atoms with van der Waals surface area (Å²) in [6.07, 6.45) is 51.8.